The van der Waals surface area contributed by atoms with Crippen molar-refractivity contribution in [2.45, 2.75) is 12.1 Å². The van der Waals surface area contributed by atoms with E-state index in [4.69, 9.17) is 0 Å². The average Bonchev–Trinajstić information content (AvgIpc) is 2.45. The molecule has 0 unspecified atom stereocenters. The largest absolute Gasteiger partial charge is 0.289 e. The third-order valence-corrected chi connectivity index (χ3v) is 3.05. The number of thioether (sulfide) groups is 1. The Kier molecular flexibility index (Phi) is 4.47. The lowest BCUT2D eigenvalue weighted by atomic mass is 10.1. The van der Waals surface area contributed by atoms with Crippen molar-refractivity contribution in [3.63, 3.8) is 0 Å². The number of carbonyl (C=O) groups is 1. The number of aryl methyl sites for hydroxylation is 1. The topological polar surface area (TPSA) is 42.9 Å². The molecule has 2 aromatic rings. The van der Waals surface area contributed by atoms with Crippen LogP contribution in [0.4, 0.5) is 0 Å². The van der Waals surface area contributed by atoms with Crippen LogP contribution in [0, 0.1) is 6.92 Å². The summed E-state index contributed by atoms with van der Waals surface area (Å²) in [4.78, 5) is 20.5. The van der Waals surface area contributed by atoms with Gasteiger partial charge in [0.15, 0.2) is 10.9 Å². The van der Waals surface area contributed by atoms with Gasteiger partial charge in [-0.2, -0.15) is 0 Å². The summed E-state index contributed by atoms with van der Waals surface area (Å²) in [5.74, 6) is -0.0254. The van der Waals surface area contributed by atoms with Crippen LogP contribution in [0.15, 0.2) is 47.6 Å². The first-order valence-corrected chi connectivity index (χ1v) is 7.08. The molecule has 19 heavy (non-hydrogen) atoms. The smallest absolute Gasteiger partial charge is 0.188 e. The number of hydrogen-bond donors (Lipinski definition) is 0. The zero-order valence-corrected chi connectivity index (χ0v) is 11.6. The minimum absolute atomic E-state index is 0.0254. The van der Waals surface area contributed by atoms with Crippen LogP contribution < -0.4 is 0 Å². The Hall–Kier alpha value is -1.94. The molecule has 0 aliphatic heterocycles. The Labute approximate surface area is 116 Å². The molecule has 0 N–H and O–H groups in total. The van der Waals surface area contributed by atoms with Gasteiger partial charge < -0.3 is 0 Å². The van der Waals surface area contributed by atoms with Crippen LogP contribution in [0.1, 0.15) is 21.7 Å². The van der Waals surface area contributed by atoms with Crippen molar-refractivity contribution >= 4 is 23.6 Å². The summed E-state index contributed by atoms with van der Waals surface area (Å²) in [6, 6.07) is 11.0. The van der Waals surface area contributed by atoms with E-state index in [1.54, 1.807) is 24.3 Å². The normalized spacial score (nSPS) is 10.8. The van der Waals surface area contributed by atoms with Gasteiger partial charge in [0.05, 0.1) is 5.69 Å². The molecular formula is C15H14N2OS. The van der Waals surface area contributed by atoms with Gasteiger partial charge in [-0.1, -0.05) is 42.1 Å². The van der Waals surface area contributed by atoms with Gasteiger partial charge in [-0.05, 0) is 31.4 Å². The maximum absolute atomic E-state index is 11.9. The maximum Gasteiger partial charge on any atom is 0.188 e. The first kappa shape index (κ1) is 13.5. The molecule has 1 aromatic heterocycles. The van der Waals surface area contributed by atoms with E-state index in [1.165, 1.54) is 11.8 Å². The quantitative estimate of drug-likeness (QED) is 0.369. The highest BCUT2D eigenvalue weighted by Crippen LogP contribution is 2.12. The van der Waals surface area contributed by atoms with Crippen molar-refractivity contribution in [1.29, 1.82) is 0 Å². The van der Waals surface area contributed by atoms with Crippen molar-refractivity contribution in [3.8, 4) is 0 Å². The molecule has 0 bridgehead atoms. The molecule has 0 spiro atoms. The monoisotopic (exact) mass is 270 g/mol. The lowest BCUT2D eigenvalue weighted by Gasteiger charge is -2.00. The van der Waals surface area contributed by atoms with Crippen LogP contribution in [0.5, 0.6) is 0 Å². The lowest BCUT2D eigenvalue weighted by molar-refractivity contribution is 0.104. The van der Waals surface area contributed by atoms with Crippen LogP contribution in [-0.2, 0) is 0 Å². The number of aromatic nitrogens is 2. The molecule has 0 fully saturated rings. The second-order valence-corrected chi connectivity index (χ2v) is 4.76. The molecule has 2 rings (SSSR count). The van der Waals surface area contributed by atoms with Crippen molar-refractivity contribution in [1.82, 2.24) is 9.97 Å². The Morgan fingerprint density at radius 2 is 1.95 bits per heavy atom. The average molecular weight is 270 g/mol. The Bertz CT molecular complexity index is 609. The number of hydrogen-bond acceptors (Lipinski definition) is 4. The second kappa shape index (κ2) is 6.29. The van der Waals surface area contributed by atoms with Gasteiger partial charge >= 0.3 is 0 Å². The standard InChI is InChI=1S/C15H14N2OS/c1-11-10-13(17-15(16-11)19-2)8-9-14(18)12-6-4-3-5-7-12/h3-10H,1-2H3/b9-8+. The third-order valence-electron chi connectivity index (χ3n) is 2.50. The molecule has 1 aromatic carbocycles. The van der Waals surface area contributed by atoms with Crippen LogP contribution in [0.3, 0.4) is 0 Å². The molecule has 0 aliphatic carbocycles. The fourth-order valence-electron chi connectivity index (χ4n) is 1.60. The highest BCUT2D eigenvalue weighted by molar-refractivity contribution is 7.98. The number of rotatable bonds is 4. The minimum Gasteiger partial charge on any atom is -0.289 e. The first-order chi connectivity index (χ1) is 9.19. The predicted octanol–water partition coefficient (Wildman–Crippen LogP) is 3.40. The summed E-state index contributed by atoms with van der Waals surface area (Å²) < 4.78 is 0. The Morgan fingerprint density at radius 3 is 2.63 bits per heavy atom. The van der Waals surface area contributed by atoms with E-state index in [-0.39, 0.29) is 5.78 Å². The van der Waals surface area contributed by atoms with Crippen LogP contribution in [0.25, 0.3) is 6.08 Å². The summed E-state index contributed by atoms with van der Waals surface area (Å²) in [7, 11) is 0. The van der Waals surface area contributed by atoms with Gasteiger partial charge in [-0.3, -0.25) is 4.79 Å². The predicted molar refractivity (Wildman–Crippen MR) is 78.4 cm³/mol. The fourth-order valence-corrected chi connectivity index (χ4v) is 2.03. The van der Waals surface area contributed by atoms with Crippen molar-refractivity contribution in [2.24, 2.45) is 0 Å². The number of ketones is 1. The van der Waals surface area contributed by atoms with E-state index >= 15 is 0 Å². The number of carbonyl (C=O) groups excluding carboxylic acids is 1. The van der Waals surface area contributed by atoms with Gasteiger partial charge in [0.2, 0.25) is 0 Å². The van der Waals surface area contributed by atoms with Crippen LogP contribution in [-0.4, -0.2) is 22.0 Å². The van der Waals surface area contributed by atoms with Crippen molar-refractivity contribution in [3.05, 3.63) is 59.4 Å². The van der Waals surface area contributed by atoms with E-state index < -0.39 is 0 Å². The van der Waals surface area contributed by atoms with E-state index in [2.05, 4.69) is 9.97 Å². The van der Waals surface area contributed by atoms with Gasteiger partial charge in [0.25, 0.3) is 0 Å². The lowest BCUT2D eigenvalue weighted by Crippen LogP contribution is -1.95. The Morgan fingerprint density at radius 1 is 1.21 bits per heavy atom. The summed E-state index contributed by atoms with van der Waals surface area (Å²) in [6.07, 6.45) is 5.20. The molecule has 0 atom stereocenters. The van der Waals surface area contributed by atoms with E-state index in [0.29, 0.717) is 10.7 Å². The number of benzene rings is 1. The number of nitrogens with zero attached hydrogens (tertiary/aromatic N) is 2. The first-order valence-electron chi connectivity index (χ1n) is 5.86. The molecule has 4 heteroatoms. The molecular weight excluding hydrogens is 256 g/mol. The second-order valence-electron chi connectivity index (χ2n) is 3.98. The zero-order valence-electron chi connectivity index (χ0n) is 10.8. The molecule has 0 saturated carbocycles. The van der Waals surface area contributed by atoms with Gasteiger partial charge in [0, 0.05) is 11.3 Å². The molecule has 1 heterocycles. The van der Waals surface area contributed by atoms with E-state index in [0.717, 1.165) is 11.4 Å². The maximum atomic E-state index is 11.9. The molecule has 96 valence electrons. The van der Waals surface area contributed by atoms with Crippen molar-refractivity contribution in [2.75, 3.05) is 6.26 Å². The summed E-state index contributed by atoms with van der Waals surface area (Å²) in [6.45, 7) is 1.91. The summed E-state index contributed by atoms with van der Waals surface area (Å²) in [5, 5.41) is 0.715. The third kappa shape index (κ3) is 3.76. The molecule has 0 radical (unpaired) electrons. The summed E-state index contributed by atoms with van der Waals surface area (Å²) in [5.41, 5.74) is 2.32. The molecule has 0 aliphatic rings. The van der Waals surface area contributed by atoms with E-state index in [1.807, 2.05) is 37.4 Å². The molecule has 0 saturated heterocycles. The summed E-state index contributed by atoms with van der Waals surface area (Å²) >= 11 is 1.49. The molecule has 0 amide bonds. The zero-order chi connectivity index (χ0) is 13.7. The van der Waals surface area contributed by atoms with Crippen LogP contribution in [0.2, 0.25) is 0 Å². The van der Waals surface area contributed by atoms with Gasteiger partial charge in [0.1, 0.15) is 0 Å². The fraction of sp³-hybridized carbons (Fsp3) is 0.133. The highest BCUT2D eigenvalue weighted by atomic mass is 32.2. The highest BCUT2D eigenvalue weighted by Gasteiger charge is 2.01. The van der Waals surface area contributed by atoms with Gasteiger partial charge in [-0.15, -0.1) is 0 Å². The SMILES string of the molecule is CSc1nc(C)cc(/C=C/C(=O)c2ccccc2)n1. The van der Waals surface area contributed by atoms with Crippen molar-refractivity contribution < 1.29 is 4.79 Å². The Balaban J connectivity index is 2.19. The number of allylic oxidation sites excluding steroid dienone is 1. The van der Waals surface area contributed by atoms with Gasteiger partial charge in [-0.25, -0.2) is 9.97 Å². The molecule has 3 nitrogen and oxygen atoms in total. The minimum atomic E-state index is -0.0254. The van der Waals surface area contributed by atoms with E-state index in [9.17, 15) is 4.79 Å². The van der Waals surface area contributed by atoms with Crippen LogP contribution >= 0.6 is 11.8 Å².